The average Bonchev–Trinajstić information content (AvgIpc) is 2.53. The fourth-order valence-corrected chi connectivity index (χ4v) is 4.88. The van der Waals surface area contributed by atoms with Crippen molar-refractivity contribution in [3.8, 4) is 0 Å². The molecular formula is C19H36N2O2. The predicted octanol–water partition coefficient (Wildman–Crippen LogP) is 3.84. The maximum atomic E-state index is 13.0. The maximum Gasteiger partial charge on any atom is 0.256 e. The molecule has 2 aliphatic rings. The molecule has 1 spiro atoms. The van der Waals surface area contributed by atoms with Crippen LogP contribution in [0.15, 0.2) is 0 Å². The summed E-state index contributed by atoms with van der Waals surface area (Å²) in [5.74, 6) is 0.155. The molecule has 23 heavy (non-hydrogen) atoms. The van der Waals surface area contributed by atoms with Crippen LogP contribution in [0.4, 0.5) is 0 Å². The molecule has 4 nitrogen and oxygen atoms in total. The molecule has 2 aliphatic heterocycles. The van der Waals surface area contributed by atoms with Crippen LogP contribution in [-0.2, 0) is 9.53 Å². The van der Waals surface area contributed by atoms with Crippen molar-refractivity contribution in [3.05, 3.63) is 0 Å². The first-order chi connectivity index (χ1) is 10.5. The Morgan fingerprint density at radius 3 is 2.13 bits per heavy atom. The van der Waals surface area contributed by atoms with E-state index in [1.54, 1.807) is 0 Å². The lowest BCUT2D eigenvalue weighted by Crippen LogP contribution is -2.66. The van der Waals surface area contributed by atoms with Crippen LogP contribution < -0.4 is 5.32 Å². The number of hydrogen-bond donors (Lipinski definition) is 1. The van der Waals surface area contributed by atoms with Gasteiger partial charge in [-0.25, -0.2) is 0 Å². The maximum absolute atomic E-state index is 13.0. The zero-order valence-corrected chi connectivity index (χ0v) is 16.2. The third-order valence-electron chi connectivity index (χ3n) is 5.40. The molecule has 1 atom stereocenters. The molecule has 0 saturated carbocycles. The van der Waals surface area contributed by atoms with E-state index in [9.17, 15) is 4.79 Å². The highest BCUT2D eigenvalue weighted by Gasteiger charge is 2.61. The van der Waals surface area contributed by atoms with Gasteiger partial charge in [-0.05, 0) is 41.0 Å². The van der Waals surface area contributed by atoms with Gasteiger partial charge in [0.1, 0.15) is 11.3 Å². The summed E-state index contributed by atoms with van der Waals surface area (Å²) in [7, 11) is 1.93. The number of carbonyl (C=O) groups excluding carboxylic acids is 1. The van der Waals surface area contributed by atoms with Crippen molar-refractivity contribution in [2.45, 2.75) is 109 Å². The van der Waals surface area contributed by atoms with E-state index in [0.29, 0.717) is 0 Å². The van der Waals surface area contributed by atoms with Crippen molar-refractivity contribution in [3.63, 3.8) is 0 Å². The molecule has 1 amide bonds. The molecule has 0 bridgehead atoms. The summed E-state index contributed by atoms with van der Waals surface area (Å²) in [4.78, 5) is 14.9. The van der Waals surface area contributed by atoms with Crippen molar-refractivity contribution in [1.29, 1.82) is 0 Å². The van der Waals surface area contributed by atoms with Crippen LogP contribution in [0.1, 0.15) is 86.5 Å². The third kappa shape index (κ3) is 3.74. The molecule has 2 rings (SSSR count). The predicted molar refractivity (Wildman–Crippen MR) is 94.3 cm³/mol. The first-order valence-electron chi connectivity index (χ1n) is 9.23. The van der Waals surface area contributed by atoms with E-state index >= 15 is 0 Å². The van der Waals surface area contributed by atoms with E-state index < -0.39 is 11.3 Å². The minimum atomic E-state index is -0.661. The number of ether oxygens (including phenoxy) is 1. The minimum absolute atomic E-state index is 0.0518. The van der Waals surface area contributed by atoms with Gasteiger partial charge in [0, 0.05) is 31.0 Å². The lowest BCUT2D eigenvalue weighted by atomic mass is 9.77. The normalized spacial score (nSPS) is 31.8. The van der Waals surface area contributed by atoms with Crippen molar-refractivity contribution in [1.82, 2.24) is 10.2 Å². The molecule has 0 aromatic carbocycles. The molecule has 0 aromatic heterocycles. The summed E-state index contributed by atoms with van der Waals surface area (Å²) in [6.07, 6.45) is 7.17. The van der Waals surface area contributed by atoms with Gasteiger partial charge in [0.25, 0.3) is 5.91 Å². The van der Waals surface area contributed by atoms with Crippen molar-refractivity contribution in [2.75, 3.05) is 7.05 Å². The zero-order valence-electron chi connectivity index (χ0n) is 16.2. The van der Waals surface area contributed by atoms with Crippen LogP contribution in [0.3, 0.4) is 0 Å². The Hall–Kier alpha value is -0.610. The molecule has 2 fully saturated rings. The van der Waals surface area contributed by atoms with Crippen molar-refractivity contribution >= 4 is 5.91 Å². The first kappa shape index (κ1) is 18.7. The van der Waals surface area contributed by atoms with Gasteiger partial charge < -0.3 is 15.0 Å². The molecule has 0 radical (unpaired) electrons. The van der Waals surface area contributed by atoms with Gasteiger partial charge in [-0.15, -0.1) is 0 Å². The van der Waals surface area contributed by atoms with E-state index in [0.717, 1.165) is 25.7 Å². The highest BCUT2D eigenvalue weighted by Crippen LogP contribution is 2.48. The van der Waals surface area contributed by atoms with Crippen LogP contribution in [0, 0.1) is 0 Å². The highest BCUT2D eigenvalue weighted by molar-refractivity contribution is 5.87. The Labute approximate surface area is 142 Å². The fraction of sp³-hybridized carbons (Fsp3) is 0.947. The molecule has 134 valence electrons. The van der Waals surface area contributed by atoms with Gasteiger partial charge in [0.2, 0.25) is 0 Å². The van der Waals surface area contributed by atoms with Gasteiger partial charge in [0.15, 0.2) is 0 Å². The second-order valence-electron chi connectivity index (χ2n) is 9.20. The zero-order chi connectivity index (χ0) is 17.5. The Bertz CT molecular complexity index is 442. The molecule has 0 aromatic rings. The Balaban J connectivity index is 2.19. The molecular weight excluding hydrogens is 288 g/mol. The summed E-state index contributed by atoms with van der Waals surface area (Å²) < 4.78 is 6.59. The quantitative estimate of drug-likeness (QED) is 0.781. The Morgan fingerprint density at radius 2 is 1.61 bits per heavy atom. The van der Waals surface area contributed by atoms with E-state index in [4.69, 9.17) is 4.74 Å². The number of hydrogen-bond acceptors (Lipinski definition) is 3. The molecule has 1 N–H and O–H groups in total. The summed E-state index contributed by atoms with van der Waals surface area (Å²) in [5.41, 5.74) is -1.24. The fourth-order valence-electron chi connectivity index (χ4n) is 4.88. The molecule has 2 saturated heterocycles. The van der Waals surface area contributed by atoms with Crippen LogP contribution in [0.5, 0.6) is 0 Å². The number of carbonyl (C=O) groups is 1. The molecule has 4 heteroatoms. The average molecular weight is 325 g/mol. The van der Waals surface area contributed by atoms with Gasteiger partial charge in [0.05, 0.1) is 0 Å². The summed E-state index contributed by atoms with van der Waals surface area (Å²) in [5, 5.41) is 3.69. The highest BCUT2D eigenvalue weighted by atomic mass is 16.6. The van der Waals surface area contributed by atoms with Crippen LogP contribution >= 0.6 is 0 Å². The third-order valence-corrected chi connectivity index (χ3v) is 5.40. The standard InChI is InChI=1S/C19H36N2O2/c1-8-9-10-11-12-18(6)15(22)21(7)19(23-18)13-16(2,3)20-17(4,5)14-19/h20H,8-14H2,1-7H3. The number of likely N-dealkylation sites (N-methyl/N-ethyl adjacent to an activating group) is 1. The Kier molecular flexibility index (Phi) is 4.91. The van der Waals surface area contributed by atoms with E-state index in [1.165, 1.54) is 19.3 Å². The lowest BCUT2D eigenvalue weighted by molar-refractivity contribution is -0.177. The largest absolute Gasteiger partial charge is 0.339 e. The van der Waals surface area contributed by atoms with Crippen LogP contribution in [-0.4, -0.2) is 40.3 Å². The summed E-state index contributed by atoms with van der Waals surface area (Å²) in [6, 6.07) is 0. The lowest BCUT2D eigenvalue weighted by Gasteiger charge is -2.53. The smallest absolute Gasteiger partial charge is 0.256 e. The second-order valence-corrected chi connectivity index (χ2v) is 9.20. The molecule has 2 heterocycles. The van der Waals surface area contributed by atoms with Gasteiger partial charge in [-0.2, -0.15) is 0 Å². The number of piperidine rings is 1. The van der Waals surface area contributed by atoms with Gasteiger partial charge in [-0.3, -0.25) is 4.79 Å². The first-order valence-corrected chi connectivity index (χ1v) is 9.23. The van der Waals surface area contributed by atoms with Gasteiger partial charge in [-0.1, -0.05) is 32.6 Å². The summed E-state index contributed by atoms with van der Waals surface area (Å²) in [6.45, 7) is 13.0. The van der Waals surface area contributed by atoms with Gasteiger partial charge >= 0.3 is 0 Å². The number of nitrogens with zero attached hydrogens (tertiary/aromatic N) is 1. The van der Waals surface area contributed by atoms with Crippen LogP contribution in [0.2, 0.25) is 0 Å². The monoisotopic (exact) mass is 324 g/mol. The number of nitrogens with one attached hydrogen (secondary N) is 1. The van der Waals surface area contributed by atoms with E-state index in [2.05, 4.69) is 39.9 Å². The van der Waals surface area contributed by atoms with Crippen molar-refractivity contribution in [2.24, 2.45) is 0 Å². The van der Waals surface area contributed by atoms with Crippen molar-refractivity contribution < 1.29 is 9.53 Å². The number of amides is 1. The topological polar surface area (TPSA) is 41.6 Å². The number of unbranched alkanes of at least 4 members (excludes halogenated alkanes) is 3. The van der Waals surface area contributed by atoms with E-state index in [1.807, 2.05) is 18.9 Å². The van der Waals surface area contributed by atoms with Crippen LogP contribution in [0.25, 0.3) is 0 Å². The molecule has 1 unspecified atom stereocenters. The Morgan fingerprint density at radius 1 is 1.04 bits per heavy atom. The minimum Gasteiger partial charge on any atom is -0.339 e. The van der Waals surface area contributed by atoms with E-state index in [-0.39, 0.29) is 17.0 Å². The summed E-state index contributed by atoms with van der Waals surface area (Å²) >= 11 is 0. The number of rotatable bonds is 5. The SMILES string of the molecule is CCCCCCC1(C)OC2(CC(C)(C)NC(C)(C)C2)N(C)C1=O. The molecule has 0 aliphatic carbocycles. The second kappa shape index (κ2) is 6.03.